The molecule has 10 heteroatoms. The minimum absolute atomic E-state index is 0.216. The van der Waals surface area contributed by atoms with E-state index in [0.717, 1.165) is 10.6 Å². The van der Waals surface area contributed by atoms with Crippen LogP contribution in [0.15, 0.2) is 47.6 Å². The van der Waals surface area contributed by atoms with Crippen LogP contribution in [0.2, 0.25) is 5.02 Å². The number of ether oxygens (including phenoxy) is 2. The Bertz CT molecular complexity index is 1010. The highest BCUT2D eigenvalue weighted by atomic mass is 35.5. The summed E-state index contributed by atoms with van der Waals surface area (Å²) in [6.45, 7) is 4.26. The van der Waals surface area contributed by atoms with Crippen molar-refractivity contribution in [1.29, 1.82) is 0 Å². The smallest absolute Gasteiger partial charge is 0.260 e. The second-order valence-corrected chi connectivity index (χ2v) is 8.40. The molecular formula is C20H24ClN3O5S. The van der Waals surface area contributed by atoms with Crippen molar-refractivity contribution in [2.75, 3.05) is 30.3 Å². The van der Waals surface area contributed by atoms with Crippen molar-refractivity contribution in [3.05, 3.63) is 53.1 Å². The van der Waals surface area contributed by atoms with E-state index >= 15 is 0 Å². The van der Waals surface area contributed by atoms with Crippen LogP contribution in [-0.4, -0.2) is 46.6 Å². The number of sulfonamides is 1. The number of hydrazone groups is 1. The monoisotopic (exact) mass is 453 g/mol. The Kier molecular flexibility index (Phi) is 8.49. The normalized spacial score (nSPS) is 11.3. The lowest BCUT2D eigenvalue weighted by Gasteiger charge is -2.22. The predicted octanol–water partition coefficient (Wildman–Crippen LogP) is 3.05. The third-order valence-corrected chi connectivity index (χ3v) is 5.23. The molecule has 162 valence electrons. The highest BCUT2D eigenvalue weighted by Crippen LogP contribution is 2.28. The largest absolute Gasteiger partial charge is 0.490 e. The zero-order valence-electron chi connectivity index (χ0n) is 17.0. The molecule has 0 aliphatic carbocycles. The van der Waals surface area contributed by atoms with Gasteiger partial charge in [-0.15, -0.1) is 0 Å². The standard InChI is InChI=1S/C20H24ClN3O5S/c1-4-28-18-11-10-15(12-19(18)29-5-2)13-22-23-20(25)14-24(30(3,26)27)17-9-7-6-8-16(17)21/h6-13H,4-5,14H2,1-3H3,(H,23,25)/b22-13-. The molecule has 2 aromatic rings. The van der Waals surface area contributed by atoms with Crippen LogP contribution in [-0.2, 0) is 14.8 Å². The molecule has 0 aliphatic heterocycles. The average molecular weight is 454 g/mol. The third-order valence-electron chi connectivity index (χ3n) is 3.78. The van der Waals surface area contributed by atoms with Crippen molar-refractivity contribution in [2.45, 2.75) is 13.8 Å². The number of benzene rings is 2. The fourth-order valence-electron chi connectivity index (χ4n) is 2.53. The number of carbonyl (C=O) groups is 1. The first kappa shape index (κ1) is 23.5. The van der Waals surface area contributed by atoms with Gasteiger partial charge in [-0.05, 0) is 49.7 Å². The topological polar surface area (TPSA) is 97.3 Å². The summed E-state index contributed by atoms with van der Waals surface area (Å²) in [5, 5.41) is 4.11. The number of carbonyl (C=O) groups excluding carboxylic acids is 1. The van der Waals surface area contributed by atoms with Gasteiger partial charge in [0.2, 0.25) is 10.0 Å². The van der Waals surface area contributed by atoms with E-state index in [0.29, 0.717) is 30.3 Å². The molecule has 0 aliphatic rings. The lowest BCUT2D eigenvalue weighted by atomic mass is 10.2. The number of nitrogens with zero attached hydrogens (tertiary/aromatic N) is 2. The zero-order valence-corrected chi connectivity index (χ0v) is 18.5. The molecule has 0 fully saturated rings. The molecule has 8 nitrogen and oxygen atoms in total. The van der Waals surface area contributed by atoms with Crippen LogP contribution in [0.3, 0.4) is 0 Å². The number of rotatable bonds is 10. The van der Waals surface area contributed by atoms with Crippen LogP contribution in [0.5, 0.6) is 11.5 Å². The Morgan fingerprint density at radius 2 is 1.80 bits per heavy atom. The minimum atomic E-state index is -3.73. The van der Waals surface area contributed by atoms with Crippen LogP contribution in [0.1, 0.15) is 19.4 Å². The molecule has 0 bridgehead atoms. The Morgan fingerprint density at radius 1 is 1.13 bits per heavy atom. The molecule has 0 radical (unpaired) electrons. The van der Waals surface area contributed by atoms with Gasteiger partial charge in [0.25, 0.3) is 5.91 Å². The maximum absolute atomic E-state index is 12.3. The van der Waals surface area contributed by atoms with Crippen molar-refractivity contribution < 1.29 is 22.7 Å². The maximum atomic E-state index is 12.3. The Morgan fingerprint density at radius 3 is 2.43 bits per heavy atom. The molecule has 0 unspecified atom stereocenters. The van der Waals surface area contributed by atoms with Crippen molar-refractivity contribution in [3.8, 4) is 11.5 Å². The van der Waals surface area contributed by atoms with E-state index in [4.69, 9.17) is 21.1 Å². The van der Waals surface area contributed by atoms with Crippen LogP contribution in [0.4, 0.5) is 5.69 Å². The van der Waals surface area contributed by atoms with Gasteiger partial charge in [0.05, 0.1) is 36.4 Å². The zero-order chi connectivity index (χ0) is 22.1. The molecule has 2 aromatic carbocycles. The summed E-state index contributed by atoms with van der Waals surface area (Å²) in [6, 6.07) is 11.6. The van der Waals surface area contributed by atoms with Crippen molar-refractivity contribution >= 4 is 39.4 Å². The summed E-state index contributed by atoms with van der Waals surface area (Å²) in [6.07, 6.45) is 2.43. The molecule has 0 saturated carbocycles. The van der Waals surface area contributed by atoms with Crippen LogP contribution >= 0.6 is 11.6 Å². The molecular weight excluding hydrogens is 430 g/mol. The fourth-order valence-corrected chi connectivity index (χ4v) is 3.68. The number of hydrogen-bond donors (Lipinski definition) is 1. The number of hydrogen-bond acceptors (Lipinski definition) is 6. The first-order valence-corrected chi connectivity index (χ1v) is 11.4. The van der Waals surface area contributed by atoms with E-state index in [1.165, 1.54) is 12.3 Å². The van der Waals surface area contributed by atoms with E-state index in [1.807, 2.05) is 13.8 Å². The van der Waals surface area contributed by atoms with Gasteiger partial charge in [-0.3, -0.25) is 9.10 Å². The van der Waals surface area contributed by atoms with Crippen molar-refractivity contribution in [1.82, 2.24) is 5.43 Å². The van der Waals surface area contributed by atoms with E-state index < -0.39 is 22.5 Å². The first-order valence-electron chi connectivity index (χ1n) is 9.20. The number of nitrogens with one attached hydrogen (secondary N) is 1. The highest BCUT2D eigenvalue weighted by molar-refractivity contribution is 7.92. The highest BCUT2D eigenvalue weighted by Gasteiger charge is 2.22. The fraction of sp³-hybridized carbons (Fsp3) is 0.300. The lowest BCUT2D eigenvalue weighted by molar-refractivity contribution is -0.119. The van der Waals surface area contributed by atoms with Crippen molar-refractivity contribution in [2.24, 2.45) is 5.10 Å². The van der Waals surface area contributed by atoms with Crippen molar-refractivity contribution in [3.63, 3.8) is 0 Å². The SMILES string of the molecule is CCOc1ccc(/C=N\NC(=O)CN(c2ccccc2Cl)S(C)(=O)=O)cc1OCC. The summed E-state index contributed by atoms with van der Waals surface area (Å²) < 4.78 is 36.2. The second-order valence-electron chi connectivity index (χ2n) is 6.09. The third kappa shape index (κ3) is 6.64. The van der Waals surface area contributed by atoms with Crippen LogP contribution in [0, 0.1) is 0 Å². The predicted molar refractivity (Wildman–Crippen MR) is 118 cm³/mol. The van der Waals surface area contributed by atoms with Gasteiger partial charge in [0, 0.05) is 0 Å². The lowest BCUT2D eigenvalue weighted by Crippen LogP contribution is -2.39. The molecule has 0 spiro atoms. The summed E-state index contributed by atoms with van der Waals surface area (Å²) in [5.74, 6) is 0.563. The molecule has 0 atom stereocenters. The van der Waals surface area contributed by atoms with E-state index in [-0.39, 0.29) is 10.7 Å². The molecule has 30 heavy (non-hydrogen) atoms. The van der Waals surface area contributed by atoms with E-state index in [9.17, 15) is 13.2 Å². The Hall–Kier alpha value is -2.78. The molecule has 1 amide bonds. The maximum Gasteiger partial charge on any atom is 0.260 e. The van der Waals surface area contributed by atoms with Gasteiger partial charge in [-0.2, -0.15) is 5.10 Å². The minimum Gasteiger partial charge on any atom is -0.490 e. The van der Waals surface area contributed by atoms with Crippen LogP contribution < -0.4 is 19.2 Å². The van der Waals surface area contributed by atoms with Crippen LogP contribution in [0.25, 0.3) is 0 Å². The molecule has 1 N–H and O–H groups in total. The summed E-state index contributed by atoms with van der Waals surface area (Å²) in [7, 11) is -3.73. The molecule has 2 rings (SSSR count). The molecule has 0 aromatic heterocycles. The van der Waals surface area contributed by atoms with E-state index in [2.05, 4.69) is 10.5 Å². The Labute approximate surface area is 181 Å². The summed E-state index contributed by atoms with van der Waals surface area (Å²) in [4.78, 5) is 12.3. The summed E-state index contributed by atoms with van der Waals surface area (Å²) >= 11 is 6.08. The quantitative estimate of drug-likeness (QED) is 0.440. The second kappa shape index (κ2) is 10.8. The van der Waals surface area contributed by atoms with Gasteiger partial charge < -0.3 is 9.47 Å². The number of anilines is 1. The van der Waals surface area contributed by atoms with Gasteiger partial charge >= 0.3 is 0 Å². The molecule has 0 heterocycles. The Balaban J connectivity index is 2.09. The average Bonchev–Trinajstić information content (AvgIpc) is 2.68. The summed E-state index contributed by atoms with van der Waals surface area (Å²) in [5.41, 5.74) is 3.21. The number of halogens is 1. The number of amides is 1. The van der Waals surface area contributed by atoms with Gasteiger partial charge in [-0.25, -0.2) is 13.8 Å². The first-order chi connectivity index (χ1) is 14.3. The molecule has 0 saturated heterocycles. The van der Waals surface area contributed by atoms with E-state index in [1.54, 1.807) is 36.4 Å². The number of para-hydroxylation sites is 1. The van der Waals surface area contributed by atoms with Gasteiger partial charge in [0.1, 0.15) is 6.54 Å². The van der Waals surface area contributed by atoms with Gasteiger partial charge in [-0.1, -0.05) is 23.7 Å². The van der Waals surface area contributed by atoms with Gasteiger partial charge in [0.15, 0.2) is 11.5 Å².